The summed E-state index contributed by atoms with van der Waals surface area (Å²) in [7, 11) is 0. The predicted molar refractivity (Wildman–Crippen MR) is 58.1 cm³/mol. The van der Waals surface area contributed by atoms with E-state index in [9.17, 15) is 19.7 Å². The Balaban J connectivity index is 2.68. The van der Waals surface area contributed by atoms with Crippen LogP contribution in [0.5, 0.6) is 0 Å². The van der Waals surface area contributed by atoms with E-state index in [0.717, 1.165) is 24.3 Å². The first kappa shape index (κ1) is 11.6. The molecule has 1 aromatic carbocycles. The van der Waals surface area contributed by atoms with E-state index in [-0.39, 0.29) is 22.4 Å². The number of hydrogen-bond acceptors (Lipinski definition) is 6. The molecule has 0 amide bonds. The molecule has 8 heteroatoms. The Morgan fingerprint density at radius 2 is 1.94 bits per heavy atom. The Morgan fingerprint density at radius 1 is 1.33 bits per heavy atom. The highest BCUT2D eigenvalue weighted by atomic mass is 16.6. The smallest absolute Gasteiger partial charge is 0.478 e. The predicted octanol–water partition coefficient (Wildman–Crippen LogP) is 1.39. The molecule has 2 aromatic rings. The molecule has 92 valence electrons. The Morgan fingerprint density at radius 3 is 2.50 bits per heavy atom. The van der Waals surface area contributed by atoms with Gasteiger partial charge in [0.15, 0.2) is 11.2 Å². The van der Waals surface area contributed by atoms with Crippen LogP contribution in [0, 0.1) is 10.1 Å². The Hall–Kier alpha value is -2.90. The van der Waals surface area contributed by atoms with E-state index in [1.165, 1.54) is 0 Å². The van der Waals surface area contributed by atoms with Crippen LogP contribution in [0.1, 0.15) is 5.56 Å². The summed E-state index contributed by atoms with van der Waals surface area (Å²) in [5, 5.41) is 19.3. The van der Waals surface area contributed by atoms with E-state index in [4.69, 9.17) is 5.11 Å². The molecule has 0 bridgehead atoms. The van der Waals surface area contributed by atoms with E-state index in [2.05, 4.69) is 8.83 Å². The van der Waals surface area contributed by atoms with Crippen molar-refractivity contribution in [3.63, 3.8) is 0 Å². The Labute approximate surface area is 97.9 Å². The molecule has 0 aliphatic rings. The van der Waals surface area contributed by atoms with Gasteiger partial charge < -0.3 is 13.9 Å². The molecule has 1 heterocycles. The number of nitro groups is 1. The number of aliphatic carboxylic acids is 1. The fraction of sp³-hybridized carbons (Fsp3) is 0. The fourth-order valence-electron chi connectivity index (χ4n) is 1.38. The first-order valence-electron chi connectivity index (χ1n) is 4.60. The molecule has 0 unspecified atom stereocenters. The highest BCUT2D eigenvalue weighted by Crippen LogP contribution is 2.26. The Kier molecular flexibility index (Phi) is 2.68. The summed E-state index contributed by atoms with van der Waals surface area (Å²) in [4.78, 5) is 31.3. The lowest BCUT2D eigenvalue weighted by Gasteiger charge is -1.96. The van der Waals surface area contributed by atoms with Crippen LogP contribution in [0.3, 0.4) is 0 Å². The third-order valence-electron chi connectivity index (χ3n) is 2.08. The maximum Gasteiger partial charge on any atom is 0.519 e. The zero-order valence-electron chi connectivity index (χ0n) is 8.65. The van der Waals surface area contributed by atoms with E-state index in [1.807, 2.05) is 0 Å². The molecular weight excluding hydrogens is 246 g/mol. The Bertz CT molecular complexity index is 721. The topological polar surface area (TPSA) is 124 Å². The minimum atomic E-state index is -1.25. The minimum absolute atomic E-state index is 0.000509. The van der Waals surface area contributed by atoms with E-state index >= 15 is 0 Å². The van der Waals surface area contributed by atoms with Crippen LogP contribution in [-0.4, -0.2) is 16.0 Å². The summed E-state index contributed by atoms with van der Waals surface area (Å²) in [6.07, 6.45) is 1.78. The number of benzene rings is 1. The highest BCUT2D eigenvalue weighted by Gasteiger charge is 2.17. The molecule has 18 heavy (non-hydrogen) atoms. The van der Waals surface area contributed by atoms with Gasteiger partial charge in [-0.1, -0.05) is 0 Å². The second-order valence-electron chi connectivity index (χ2n) is 3.24. The zero-order valence-corrected chi connectivity index (χ0v) is 8.65. The average Bonchev–Trinajstić information content (AvgIpc) is 2.63. The van der Waals surface area contributed by atoms with E-state index < -0.39 is 16.7 Å². The van der Waals surface area contributed by atoms with Gasteiger partial charge in [-0.15, -0.1) is 0 Å². The SMILES string of the molecule is O=C(O)/C=C/c1cc2oc(=O)oc2cc1[N+](=O)[O-]. The average molecular weight is 251 g/mol. The van der Waals surface area contributed by atoms with E-state index in [0.29, 0.717) is 0 Å². The number of carboxylic acids is 1. The number of rotatable bonds is 3. The molecule has 8 nitrogen and oxygen atoms in total. The molecule has 1 aromatic heterocycles. The standard InChI is InChI=1S/C10H5NO7/c12-9(13)2-1-5-3-7-8(18-10(14)17-7)4-6(5)11(15)16/h1-4H,(H,12,13)/b2-1+. The molecule has 0 saturated heterocycles. The summed E-state index contributed by atoms with van der Waals surface area (Å²) < 4.78 is 9.20. The summed E-state index contributed by atoms with van der Waals surface area (Å²) >= 11 is 0. The van der Waals surface area contributed by atoms with Crippen molar-refractivity contribution in [3.8, 4) is 0 Å². The lowest BCUT2D eigenvalue weighted by molar-refractivity contribution is -0.385. The molecule has 0 atom stereocenters. The number of nitro benzene ring substituents is 1. The van der Waals surface area contributed by atoms with Crippen molar-refractivity contribution in [2.75, 3.05) is 0 Å². The summed E-state index contributed by atoms with van der Waals surface area (Å²) in [6.45, 7) is 0. The van der Waals surface area contributed by atoms with Crippen LogP contribution in [0.2, 0.25) is 0 Å². The first-order valence-corrected chi connectivity index (χ1v) is 4.60. The van der Waals surface area contributed by atoms with Crippen LogP contribution in [-0.2, 0) is 4.79 Å². The van der Waals surface area contributed by atoms with Gasteiger partial charge >= 0.3 is 11.8 Å². The van der Waals surface area contributed by atoms with Crippen molar-refractivity contribution >= 4 is 28.9 Å². The quantitative estimate of drug-likeness (QED) is 0.496. The lowest BCUT2D eigenvalue weighted by Crippen LogP contribution is -1.92. The number of carbonyl (C=O) groups is 1. The second kappa shape index (κ2) is 4.17. The van der Waals surface area contributed by atoms with Gasteiger partial charge in [-0.25, -0.2) is 9.59 Å². The van der Waals surface area contributed by atoms with Gasteiger partial charge in [0.25, 0.3) is 5.69 Å². The van der Waals surface area contributed by atoms with Crippen LogP contribution in [0.15, 0.2) is 31.8 Å². The fourth-order valence-corrected chi connectivity index (χ4v) is 1.38. The maximum absolute atomic E-state index is 10.8. The largest absolute Gasteiger partial charge is 0.519 e. The number of nitrogens with zero attached hydrogens (tertiary/aromatic N) is 1. The summed E-state index contributed by atoms with van der Waals surface area (Å²) in [6, 6.07) is 2.17. The third-order valence-corrected chi connectivity index (χ3v) is 2.08. The van der Waals surface area contributed by atoms with Gasteiger partial charge in [0.2, 0.25) is 0 Å². The zero-order chi connectivity index (χ0) is 13.3. The second-order valence-corrected chi connectivity index (χ2v) is 3.24. The van der Waals surface area contributed by atoms with Gasteiger partial charge in [-0.2, -0.15) is 0 Å². The summed E-state index contributed by atoms with van der Waals surface area (Å²) in [5.41, 5.74) is -0.446. The third kappa shape index (κ3) is 2.12. The normalized spacial score (nSPS) is 11.1. The monoisotopic (exact) mass is 251 g/mol. The van der Waals surface area contributed by atoms with Crippen LogP contribution >= 0.6 is 0 Å². The molecule has 2 rings (SSSR count). The highest BCUT2D eigenvalue weighted by molar-refractivity contribution is 5.88. The minimum Gasteiger partial charge on any atom is -0.478 e. The van der Waals surface area contributed by atoms with Crippen molar-refractivity contribution in [1.29, 1.82) is 0 Å². The van der Waals surface area contributed by atoms with Crippen LogP contribution < -0.4 is 5.82 Å². The van der Waals surface area contributed by atoms with Crippen molar-refractivity contribution in [2.24, 2.45) is 0 Å². The summed E-state index contributed by atoms with van der Waals surface area (Å²) in [5.74, 6) is -2.24. The number of carboxylic acid groups (broad SMARTS) is 1. The molecule has 0 aliphatic heterocycles. The number of fused-ring (bicyclic) bond motifs is 1. The van der Waals surface area contributed by atoms with E-state index in [1.54, 1.807) is 0 Å². The van der Waals surface area contributed by atoms with Gasteiger partial charge in [0, 0.05) is 6.08 Å². The van der Waals surface area contributed by atoms with Gasteiger partial charge in [-0.05, 0) is 12.1 Å². The van der Waals surface area contributed by atoms with Crippen molar-refractivity contribution in [2.45, 2.75) is 0 Å². The van der Waals surface area contributed by atoms with Crippen molar-refractivity contribution in [1.82, 2.24) is 0 Å². The molecule has 0 saturated carbocycles. The van der Waals surface area contributed by atoms with Gasteiger partial charge in [-0.3, -0.25) is 10.1 Å². The first-order chi connectivity index (χ1) is 8.47. The lowest BCUT2D eigenvalue weighted by atomic mass is 10.1. The molecule has 0 spiro atoms. The van der Waals surface area contributed by atoms with Crippen LogP contribution in [0.25, 0.3) is 17.2 Å². The molecular formula is C10H5NO7. The van der Waals surface area contributed by atoms with Crippen molar-refractivity contribution < 1.29 is 23.7 Å². The molecule has 1 N–H and O–H groups in total. The van der Waals surface area contributed by atoms with Gasteiger partial charge in [0.1, 0.15) is 0 Å². The molecule has 0 fully saturated rings. The van der Waals surface area contributed by atoms with Gasteiger partial charge in [0.05, 0.1) is 16.6 Å². The van der Waals surface area contributed by atoms with Crippen molar-refractivity contribution in [3.05, 3.63) is 44.5 Å². The molecule has 0 radical (unpaired) electrons. The molecule has 0 aliphatic carbocycles. The maximum atomic E-state index is 10.8. The van der Waals surface area contributed by atoms with Crippen LogP contribution in [0.4, 0.5) is 5.69 Å². The number of hydrogen-bond donors (Lipinski definition) is 1.